The molecule has 19 heavy (non-hydrogen) atoms. The lowest BCUT2D eigenvalue weighted by molar-refractivity contribution is -0.122. The minimum Gasteiger partial charge on any atom is -0.493 e. The van der Waals surface area contributed by atoms with Crippen LogP contribution in [-0.4, -0.2) is 38.8 Å². The topological polar surface area (TPSA) is 73.6 Å². The molecule has 0 aliphatic heterocycles. The smallest absolute Gasteiger partial charge is 0.223 e. The van der Waals surface area contributed by atoms with E-state index in [2.05, 4.69) is 5.32 Å². The van der Waals surface area contributed by atoms with E-state index in [4.69, 9.17) is 15.2 Å². The first-order chi connectivity index (χ1) is 9.26. The average Bonchev–Trinajstić information content (AvgIpc) is 2.40. The maximum absolute atomic E-state index is 11.7. The SMILES string of the molecule is COCC(CCN)NC(=O)CCOc1ccccc1. The van der Waals surface area contributed by atoms with Gasteiger partial charge >= 0.3 is 0 Å². The molecule has 0 aliphatic carbocycles. The van der Waals surface area contributed by atoms with Crippen molar-refractivity contribution in [1.82, 2.24) is 5.32 Å². The normalized spacial score (nSPS) is 11.9. The number of rotatable bonds is 9. The number of methoxy groups -OCH3 is 1. The second-order valence-corrected chi connectivity index (χ2v) is 4.21. The molecular formula is C14H22N2O3. The van der Waals surface area contributed by atoms with Crippen molar-refractivity contribution in [3.8, 4) is 5.75 Å². The fourth-order valence-electron chi connectivity index (χ4n) is 1.68. The van der Waals surface area contributed by atoms with Crippen LogP contribution in [0.4, 0.5) is 0 Å². The Kier molecular flexibility index (Phi) is 7.62. The van der Waals surface area contributed by atoms with Crippen molar-refractivity contribution in [3.05, 3.63) is 30.3 Å². The lowest BCUT2D eigenvalue weighted by atomic mass is 10.2. The zero-order chi connectivity index (χ0) is 13.9. The second-order valence-electron chi connectivity index (χ2n) is 4.21. The zero-order valence-corrected chi connectivity index (χ0v) is 11.3. The first kappa shape index (κ1) is 15.5. The molecule has 0 heterocycles. The molecule has 5 heteroatoms. The highest BCUT2D eigenvalue weighted by Crippen LogP contribution is 2.08. The summed E-state index contributed by atoms with van der Waals surface area (Å²) in [5.74, 6) is 0.720. The molecule has 0 aliphatic rings. The van der Waals surface area contributed by atoms with E-state index in [-0.39, 0.29) is 11.9 Å². The first-order valence-electron chi connectivity index (χ1n) is 6.42. The summed E-state index contributed by atoms with van der Waals surface area (Å²) >= 11 is 0. The van der Waals surface area contributed by atoms with Crippen LogP contribution in [-0.2, 0) is 9.53 Å². The first-order valence-corrected chi connectivity index (χ1v) is 6.42. The van der Waals surface area contributed by atoms with Gasteiger partial charge in [0.1, 0.15) is 5.75 Å². The monoisotopic (exact) mass is 266 g/mol. The number of para-hydroxylation sites is 1. The molecule has 1 amide bonds. The van der Waals surface area contributed by atoms with Gasteiger partial charge < -0.3 is 20.5 Å². The Morgan fingerprint density at radius 2 is 2.11 bits per heavy atom. The van der Waals surface area contributed by atoms with Crippen LogP contribution >= 0.6 is 0 Å². The average molecular weight is 266 g/mol. The number of carbonyl (C=O) groups is 1. The molecule has 0 bridgehead atoms. The Bertz CT molecular complexity index is 351. The number of benzene rings is 1. The highest BCUT2D eigenvalue weighted by molar-refractivity contribution is 5.76. The summed E-state index contributed by atoms with van der Waals surface area (Å²) in [5.41, 5.74) is 5.48. The summed E-state index contributed by atoms with van der Waals surface area (Å²) in [6.45, 7) is 1.36. The van der Waals surface area contributed by atoms with Crippen LogP contribution in [0, 0.1) is 0 Å². The quantitative estimate of drug-likeness (QED) is 0.697. The summed E-state index contributed by atoms with van der Waals surface area (Å²) in [4.78, 5) is 11.7. The Balaban J connectivity index is 2.23. The molecule has 1 rings (SSSR count). The van der Waals surface area contributed by atoms with E-state index in [9.17, 15) is 4.79 Å². The number of carbonyl (C=O) groups excluding carboxylic acids is 1. The van der Waals surface area contributed by atoms with Crippen molar-refractivity contribution in [2.45, 2.75) is 18.9 Å². The van der Waals surface area contributed by atoms with E-state index in [1.165, 1.54) is 0 Å². The van der Waals surface area contributed by atoms with E-state index in [0.717, 1.165) is 5.75 Å². The van der Waals surface area contributed by atoms with Gasteiger partial charge in [-0.2, -0.15) is 0 Å². The standard InChI is InChI=1S/C14H22N2O3/c1-18-11-12(7-9-15)16-14(17)8-10-19-13-5-3-2-4-6-13/h2-6,12H,7-11,15H2,1H3,(H,16,17). The maximum atomic E-state index is 11.7. The van der Waals surface area contributed by atoms with Gasteiger partial charge in [-0.1, -0.05) is 18.2 Å². The summed E-state index contributed by atoms with van der Waals surface area (Å²) in [6.07, 6.45) is 1.03. The molecule has 1 atom stereocenters. The molecule has 0 aromatic heterocycles. The number of amides is 1. The van der Waals surface area contributed by atoms with Crippen molar-refractivity contribution in [1.29, 1.82) is 0 Å². The number of nitrogens with one attached hydrogen (secondary N) is 1. The van der Waals surface area contributed by atoms with Crippen LogP contribution < -0.4 is 15.8 Å². The molecule has 1 aromatic rings. The molecule has 0 spiro atoms. The summed E-state index contributed by atoms with van der Waals surface area (Å²) in [7, 11) is 1.61. The van der Waals surface area contributed by atoms with Crippen LogP contribution in [0.2, 0.25) is 0 Å². The molecule has 0 saturated carbocycles. The van der Waals surface area contributed by atoms with Gasteiger partial charge in [0.2, 0.25) is 5.91 Å². The molecule has 0 fully saturated rings. The van der Waals surface area contributed by atoms with Crippen LogP contribution in [0.5, 0.6) is 5.75 Å². The summed E-state index contributed by atoms with van der Waals surface area (Å²) < 4.78 is 10.5. The van der Waals surface area contributed by atoms with Crippen LogP contribution in [0.25, 0.3) is 0 Å². The third-order valence-electron chi connectivity index (χ3n) is 2.59. The van der Waals surface area contributed by atoms with Crippen LogP contribution in [0.15, 0.2) is 30.3 Å². The van der Waals surface area contributed by atoms with Crippen molar-refractivity contribution in [2.24, 2.45) is 5.73 Å². The van der Waals surface area contributed by atoms with Crippen molar-refractivity contribution < 1.29 is 14.3 Å². The predicted molar refractivity (Wildman–Crippen MR) is 74.0 cm³/mol. The number of hydrogen-bond acceptors (Lipinski definition) is 4. The second kappa shape index (κ2) is 9.35. The summed E-state index contributed by atoms with van der Waals surface area (Å²) in [5, 5.41) is 2.88. The van der Waals surface area contributed by atoms with E-state index in [1.54, 1.807) is 7.11 Å². The minimum absolute atomic E-state index is 0.0285. The lowest BCUT2D eigenvalue weighted by Crippen LogP contribution is -2.39. The zero-order valence-electron chi connectivity index (χ0n) is 11.3. The van der Waals surface area contributed by atoms with Gasteiger partial charge in [-0.25, -0.2) is 0 Å². The van der Waals surface area contributed by atoms with Crippen molar-refractivity contribution in [3.63, 3.8) is 0 Å². The van der Waals surface area contributed by atoms with E-state index in [1.807, 2.05) is 30.3 Å². The molecule has 106 valence electrons. The van der Waals surface area contributed by atoms with Crippen molar-refractivity contribution in [2.75, 3.05) is 26.9 Å². The van der Waals surface area contributed by atoms with Gasteiger partial charge in [0.25, 0.3) is 0 Å². The molecule has 3 N–H and O–H groups in total. The Hall–Kier alpha value is -1.59. The number of ether oxygens (including phenoxy) is 2. The van der Waals surface area contributed by atoms with E-state index in [0.29, 0.717) is 32.6 Å². The van der Waals surface area contributed by atoms with Crippen molar-refractivity contribution >= 4 is 5.91 Å². The Morgan fingerprint density at radius 3 is 2.74 bits per heavy atom. The lowest BCUT2D eigenvalue weighted by Gasteiger charge is -2.17. The third kappa shape index (κ3) is 6.79. The molecule has 0 radical (unpaired) electrons. The Morgan fingerprint density at radius 1 is 1.37 bits per heavy atom. The Labute approximate surface area is 114 Å². The molecule has 5 nitrogen and oxygen atoms in total. The predicted octanol–water partition coefficient (Wildman–Crippen LogP) is 0.936. The molecule has 0 saturated heterocycles. The maximum Gasteiger partial charge on any atom is 0.223 e. The molecule has 1 aromatic carbocycles. The van der Waals surface area contributed by atoms with Gasteiger partial charge in [0, 0.05) is 7.11 Å². The van der Waals surface area contributed by atoms with Gasteiger partial charge in [-0.05, 0) is 25.1 Å². The fraction of sp³-hybridized carbons (Fsp3) is 0.500. The van der Waals surface area contributed by atoms with Gasteiger partial charge in [-0.15, -0.1) is 0 Å². The highest BCUT2D eigenvalue weighted by atomic mass is 16.5. The summed E-state index contributed by atoms with van der Waals surface area (Å²) in [6, 6.07) is 9.40. The van der Waals surface area contributed by atoms with Gasteiger partial charge in [0.05, 0.1) is 25.7 Å². The number of hydrogen-bond donors (Lipinski definition) is 2. The van der Waals surface area contributed by atoms with E-state index < -0.39 is 0 Å². The highest BCUT2D eigenvalue weighted by Gasteiger charge is 2.11. The third-order valence-corrected chi connectivity index (χ3v) is 2.59. The fourth-order valence-corrected chi connectivity index (χ4v) is 1.68. The van der Waals surface area contributed by atoms with Gasteiger partial charge in [0.15, 0.2) is 0 Å². The van der Waals surface area contributed by atoms with Crippen LogP contribution in [0.1, 0.15) is 12.8 Å². The molecule has 1 unspecified atom stereocenters. The number of nitrogens with two attached hydrogens (primary N) is 1. The van der Waals surface area contributed by atoms with Gasteiger partial charge in [-0.3, -0.25) is 4.79 Å². The van der Waals surface area contributed by atoms with E-state index >= 15 is 0 Å². The largest absolute Gasteiger partial charge is 0.493 e. The molecular weight excluding hydrogens is 244 g/mol. The minimum atomic E-state index is -0.0496. The van der Waals surface area contributed by atoms with Crippen LogP contribution in [0.3, 0.4) is 0 Å².